The summed E-state index contributed by atoms with van der Waals surface area (Å²) in [6.07, 6.45) is 5.20. The largest absolute Gasteiger partial charge is 0.478 e. The van der Waals surface area contributed by atoms with E-state index in [1.165, 1.54) is 0 Å². The molecule has 0 aromatic heterocycles. The van der Waals surface area contributed by atoms with Crippen molar-refractivity contribution in [2.45, 2.75) is 51.9 Å². The predicted octanol–water partition coefficient (Wildman–Crippen LogP) is 2.92. The number of amides is 1. The Morgan fingerprint density at radius 2 is 1.77 bits per heavy atom. The van der Waals surface area contributed by atoms with Crippen LogP contribution in [0, 0.1) is 0 Å². The lowest BCUT2D eigenvalue weighted by molar-refractivity contribution is -0.137. The van der Waals surface area contributed by atoms with Crippen molar-refractivity contribution < 1.29 is 19.5 Å². The number of carbonyl (C=O) groups excluding carboxylic acids is 2. The first kappa shape index (κ1) is 20.1. The molecule has 1 N–H and O–H groups in total. The summed E-state index contributed by atoms with van der Waals surface area (Å²) in [7, 11) is 0. The first-order chi connectivity index (χ1) is 12.5. The van der Waals surface area contributed by atoms with E-state index < -0.39 is 5.97 Å². The van der Waals surface area contributed by atoms with Crippen molar-refractivity contribution in [3.63, 3.8) is 0 Å². The zero-order chi connectivity index (χ0) is 18.9. The fourth-order valence-electron chi connectivity index (χ4n) is 3.14. The van der Waals surface area contributed by atoms with E-state index in [2.05, 4.69) is 6.92 Å². The van der Waals surface area contributed by atoms with E-state index in [1.54, 1.807) is 29.3 Å². The van der Waals surface area contributed by atoms with Crippen LogP contribution in [0.2, 0.25) is 0 Å². The summed E-state index contributed by atoms with van der Waals surface area (Å²) >= 11 is 0. The van der Waals surface area contributed by atoms with Gasteiger partial charge in [0.25, 0.3) is 0 Å². The maximum absolute atomic E-state index is 12.1. The molecular formula is C20H28N2O4. The van der Waals surface area contributed by atoms with Gasteiger partial charge in [-0.1, -0.05) is 25.5 Å². The van der Waals surface area contributed by atoms with E-state index in [-0.39, 0.29) is 11.5 Å². The Hall–Kier alpha value is -2.21. The number of hydrogen-bond donors (Lipinski definition) is 1. The molecule has 1 aliphatic rings. The van der Waals surface area contributed by atoms with Crippen molar-refractivity contribution in [2.24, 2.45) is 0 Å². The third kappa shape index (κ3) is 5.95. The Bertz CT molecular complexity index is 627. The van der Waals surface area contributed by atoms with Crippen LogP contribution in [0.4, 0.5) is 0 Å². The van der Waals surface area contributed by atoms with Crippen molar-refractivity contribution in [3.05, 3.63) is 35.4 Å². The molecule has 0 bridgehead atoms. The topological polar surface area (TPSA) is 77.9 Å². The van der Waals surface area contributed by atoms with E-state index in [0.717, 1.165) is 31.4 Å². The van der Waals surface area contributed by atoms with Gasteiger partial charge in [0.05, 0.1) is 5.56 Å². The van der Waals surface area contributed by atoms with Gasteiger partial charge in [-0.2, -0.15) is 0 Å². The molecule has 26 heavy (non-hydrogen) atoms. The number of unbranched alkanes of at least 4 members (excludes halogenated alkanes) is 1. The zero-order valence-corrected chi connectivity index (χ0v) is 15.4. The van der Waals surface area contributed by atoms with Gasteiger partial charge in [-0.15, -0.1) is 0 Å². The van der Waals surface area contributed by atoms with Gasteiger partial charge in [-0.25, -0.2) is 9.80 Å². The number of benzene rings is 1. The standard InChI is InChI=1S/C20H28N2O4/c1-2-3-5-18(23)6-4-13-21-14-12-19(24)22(21)15-11-16-7-9-17(10-8-16)20(25)26/h7-10H,2-6,11-15H2,1H3,(H,25,26). The number of Topliss-reactive ketones (excluding diaryl/α,β-unsaturated/α-hetero) is 1. The summed E-state index contributed by atoms with van der Waals surface area (Å²) in [6, 6.07) is 6.76. The molecular weight excluding hydrogens is 332 g/mol. The molecule has 6 heteroatoms. The number of hydrazine groups is 1. The molecule has 1 saturated heterocycles. The molecule has 6 nitrogen and oxygen atoms in total. The average Bonchev–Trinajstić information content (AvgIpc) is 2.98. The van der Waals surface area contributed by atoms with Crippen LogP contribution in [0.25, 0.3) is 0 Å². The molecule has 0 aliphatic carbocycles. The maximum atomic E-state index is 12.1. The van der Waals surface area contributed by atoms with Crippen LogP contribution < -0.4 is 0 Å². The van der Waals surface area contributed by atoms with Crippen LogP contribution in [-0.4, -0.2) is 52.4 Å². The molecule has 0 saturated carbocycles. The third-order valence-electron chi connectivity index (χ3n) is 4.71. The van der Waals surface area contributed by atoms with Crippen molar-refractivity contribution in [2.75, 3.05) is 19.6 Å². The third-order valence-corrected chi connectivity index (χ3v) is 4.71. The highest BCUT2D eigenvalue weighted by Gasteiger charge is 2.28. The highest BCUT2D eigenvalue weighted by atomic mass is 16.4. The number of hydrogen-bond acceptors (Lipinski definition) is 4. The van der Waals surface area contributed by atoms with Gasteiger partial charge in [0, 0.05) is 38.9 Å². The zero-order valence-electron chi connectivity index (χ0n) is 15.4. The molecule has 142 valence electrons. The summed E-state index contributed by atoms with van der Waals surface area (Å²) in [5.74, 6) is -0.516. The molecule has 1 aliphatic heterocycles. The second kappa shape index (κ2) is 10.1. The Morgan fingerprint density at radius 3 is 2.42 bits per heavy atom. The van der Waals surface area contributed by atoms with Gasteiger partial charge in [0.2, 0.25) is 5.91 Å². The molecule has 1 fully saturated rings. The fourth-order valence-corrected chi connectivity index (χ4v) is 3.14. The van der Waals surface area contributed by atoms with Crippen LogP contribution >= 0.6 is 0 Å². The van der Waals surface area contributed by atoms with Crippen molar-refractivity contribution in [3.8, 4) is 0 Å². The Labute approximate surface area is 154 Å². The lowest BCUT2D eigenvalue weighted by Crippen LogP contribution is -2.41. The van der Waals surface area contributed by atoms with Gasteiger partial charge < -0.3 is 5.11 Å². The minimum Gasteiger partial charge on any atom is -0.478 e. The number of nitrogens with zero attached hydrogens (tertiary/aromatic N) is 2. The Kier molecular flexibility index (Phi) is 7.78. The van der Waals surface area contributed by atoms with Gasteiger partial charge in [-0.05, 0) is 37.0 Å². The molecule has 2 rings (SSSR count). The normalized spacial score (nSPS) is 14.8. The molecule has 0 radical (unpaired) electrons. The van der Waals surface area contributed by atoms with E-state index >= 15 is 0 Å². The molecule has 1 aromatic carbocycles. The average molecular weight is 360 g/mol. The quantitative estimate of drug-likeness (QED) is 0.656. The summed E-state index contributed by atoms with van der Waals surface area (Å²) in [6.45, 7) is 4.09. The van der Waals surface area contributed by atoms with Crippen LogP contribution in [0.15, 0.2) is 24.3 Å². The monoisotopic (exact) mass is 360 g/mol. The molecule has 0 unspecified atom stereocenters. The van der Waals surface area contributed by atoms with E-state index in [1.807, 2.05) is 5.01 Å². The number of rotatable bonds is 11. The van der Waals surface area contributed by atoms with Gasteiger partial charge in [-0.3, -0.25) is 14.6 Å². The Morgan fingerprint density at radius 1 is 1.08 bits per heavy atom. The van der Waals surface area contributed by atoms with Crippen LogP contribution in [0.5, 0.6) is 0 Å². The molecule has 1 aromatic rings. The summed E-state index contributed by atoms with van der Waals surface area (Å²) in [5, 5.41) is 12.8. The van der Waals surface area contributed by atoms with Gasteiger partial charge in [0.1, 0.15) is 5.78 Å². The molecule has 1 amide bonds. The van der Waals surface area contributed by atoms with Crippen LogP contribution in [0.3, 0.4) is 0 Å². The fraction of sp³-hybridized carbons (Fsp3) is 0.550. The summed E-state index contributed by atoms with van der Waals surface area (Å²) in [4.78, 5) is 34.8. The molecule has 0 spiro atoms. The van der Waals surface area contributed by atoms with Crippen LogP contribution in [-0.2, 0) is 16.0 Å². The highest BCUT2D eigenvalue weighted by Crippen LogP contribution is 2.15. The van der Waals surface area contributed by atoms with E-state index in [0.29, 0.717) is 44.6 Å². The van der Waals surface area contributed by atoms with Crippen molar-refractivity contribution in [1.29, 1.82) is 0 Å². The number of carbonyl (C=O) groups is 3. The van der Waals surface area contributed by atoms with E-state index in [4.69, 9.17) is 5.11 Å². The second-order valence-electron chi connectivity index (χ2n) is 6.72. The SMILES string of the molecule is CCCCC(=O)CCCN1CCC(=O)N1CCc1ccc(C(=O)O)cc1. The molecule has 0 atom stereocenters. The summed E-state index contributed by atoms with van der Waals surface area (Å²) in [5.41, 5.74) is 1.27. The van der Waals surface area contributed by atoms with Crippen molar-refractivity contribution in [1.82, 2.24) is 10.0 Å². The number of carboxylic acids is 1. The second-order valence-corrected chi connectivity index (χ2v) is 6.72. The Balaban J connectivity index is 1.79. The maximum Gasteiger partial charge on any atom is 0.335 e. The predicted molar refractivity (Wildman–Crippen MR) is 98.8 cm³/mol. The minimum absolute atomic E-state index is 0.115. The first-order valence-electron chi connectivity index (χ1n) is 9.40. The smallest absolute Gasteiger partial charge is 0.335 e. The number of carboxylic acid groups (broad SMARTS) is 1. The van der Waals surface area contributed by atoms with Crippen LogP contribution in [0.1, 0.15) is 61.4 Å². The highest BCUT2D eigenvalue weighted by molar-refractivity contribution is 5.87. The minimum atomic E-state index is -0.939. The lowest BCUT2D eigenvalue weighted by atomic mass is 10.1. The summed E-state index contributed by atoms with van der Waals surface area (Å²) < 4.78 is 0. The number of ketones is 1. The lowest BCUT2D eigenvalue weighted by Gasteiger charge is -2.28. The van der Waals surface area contributed by atoms with Gasteiger partial charge in [0.15, 0.2) is 0 Å². The van der Waals surface area contributed by atoms with Gasteiger partial charge >= 0.3 is 5.97 Å². The van der Waals surface area contributed by atoms with Crippen molar-refractivity contribution >= 4 is 17.7 Å². The first-order valence-corrected chi connectivity index (χ1v) is 9.40. The number of aromatic carboxylic acids is 1. The molecule has 1 heterocycles. The van der Waals surface area contributed by atoms with E-state index in [9.17, 15) is 14.4 Å².